The van der Waals surface area contributed by atoms with Crippen molar-refractivity contribution >= 4 is 28.1 Å². The maximum absolute atomic E-state index is 14.8. The predicted octanol–water partition coefficient (Wildman–Crippen LogP) is 4.07. The number of pyridine rings is 1. The number of hydrogen-bond acceptors (Lipinski definition) is 7. The molecule has 2 atom stereocenters. The molecule has 10 heteroatoms. The molecule has 0 spiro atoms. The van der Waals surface area contributed by atoms with Crippen molar-refractivity contribution in [2.24, 2.45) is 5.73 Å². The summed E-state index contributed by atoms with van der Waals surface area (Å²) in [4.78, 5) is 19.2. The van der Waals surface area contributed by atoms with Crippen molar-refractivity contribution in [3.8, 4) is 10.4 Å². The Morgan fingerprint density at radius 3 is 2.74 bits per heavy atom. The number of aromatic nitrogens is 1. The lowest BCUT2D eigenvalue weighted by Crippen LogP contribution is -2.43. The quantitative estimate of drug-likeness (QED) is 0.429. The standard InChI is InChI=1S/C25H28F2N4O3S/c1-14-13-34-7-6-31(14)12-17-4-3-5-22(29-17)30-25-18(24(28)33)11-21(35-25)23-19(26)9-16(8-15(2)32)10-20(23)27/h3-5,9-11,14-15,32H,6-8,12-13H2,1-2H3,(H2,28,33)(H,29,30)/t14-,15?/m0/s1. The van der Waals surface area contributed by atoms with Crippen LogP contribution in [-0.2, 0) is 17.7 Å². The van der Waals surface area contributed by atoms with Crippen LogP contribution in [0.25, 0.3) is 10.4 Å². The van der Waals surface area contributed by atoms with Crippen molar-refractivity contribution < 1.29 is 23.4 Å². The fourth-order valence-electron chi connectivity index (χ4n) is 4.07. The molecule has 1 aliphatic rings. The van der Waals surface area contributed by atoms with Crippen LogP contribution in [0.5, 0.6) is 0 Å². The van der Waals surface area contributed by atoms with Gasteiger partial charge in [0.05, 0.1) is 36.1 Å². The van der Waals surface area contributed by atoms with Crippen molar-refractivity contribution in [1.29, 1.82) is 0 Å². The molecule has 0 radical (unpaired) electrons. The molecule has 3 heterocycles. The molecular formula is C25H28F2N4O3S. The van der Waals surface area contributed by atoms with Crippen LogP contribution >= 0.6 is 11.3 Å². The Balaban J connectivity index is 1.60. The van der Waals surface area contributed by atoms with Gasteiger partial charge in [0.1, 0.15) is 22.5 Å². The number of aliphatic hydroxyl groups is 1. The van der Waals surface area contributed by atoms with E-state index in [2.05, 4.69) is 22.1 Å². The second kappa shape index (κ2) is 10.8. The van der Waals surface area contributed by atoms with Crippen LogP contribution in [0.15, 0.2) is 36.4 Å². The number of ether oxygens (including phenoxy) is 1. The predicted molar refractivity (Wildman–Crippen MR) is 132 cm³/mol. The molecule has 1 aliphatic heterocycles. The second-order valence-corrected chi connectivity index (χ2v) is 9.79. The summed E-state index contributed by atoms with van der Waals surface area (Å²) in [5.41, 5.74) is 6.61. The zero-order valence-electron chi connectivity index (χ0n) is 19.6. The minimum Gasteiger partial charge on any atom is -0.393 e. The van der Waals surface area contributed by atoms with Gasteiger partial charge in [-0.05, 0) is 56.2 Å². The second-order valence-electron chi connectivity index (χ2n) is 8.74. The van der Waals surface area contributed by atoms with Gasteiger partial charge in [0.2, 0.25) is 0 Å². The summed E-state index contributed by atoms with van der Waals surface area (Å²) in [5.74, 6) is -1.78. The number of carbonyl (C=O) groups is 1. The van der Waals surface area contributed by atoms with E-state index in [-0.39, 0.29) is 28.5 Å². The first-order valence-electron chi connectivity index (χ1n) is 11.4. The van der Waals surface area contributed by atoms with E-state index in [0.717, 1.165) is 23.6 Å². The van der Waals surface area contributed by atoms with E-state index >= 15 is 0 Å². The summed E-state index contributed by atoms with van der Waals surface area (Å²) in [5, 5.41) is 13.0. The van der Waals surface area contributed by atoms with E-state index in [1.54, 1.807) is 13.0 Å². The van der Waals surface area contributed by atoms with E-state index in [9.17, 15) is 18.7 Å². The molecule has 4 N–H and O–H groups in total. The van der Waals surface area contributed by atoms with Gasteiger partial charge in [0, 0.05) is 24.0 Å². The lowest BCUT2D eigenvalue weighted by atomic mass is 10.0. The van der Waals surface area contributed by atoms with Crippen LogP contribution < -0.4 is 11.1 Å². The maximum Gasteiger partial charge on any atom is 0.251 e. The summed E-state index contributed by atoms with van der Waals surface area (Å²) in [6.45, 7) is 6.45. The maximum atomic E-state index is 14.8. The molecule has 35 heavy (non-hydrogen) atoms. The Bertz CT molecular complexity index is 1190. The van der Waals surface area contributed by atoms with Gasteiger partial charge in [0.15, 0.2) is 0 Å². The SMILES string of the molecule is CC(O)Cc1cc(F)c(-c2cc(C(N)=O)c(Nc3cccc(CN4CCOC[C@@H]4C)n3)s2)c(F)c1. The van der Waals surface area contributed by atoms with Crippen molar-refractivity contribution in [3.05, 3.63) is 64.9 Å². The molecule has 7 nitrogen and oxygen atoms in total. The number of anilines is 2. The average Bonchev–Trinajstić information content (AvgIpc) is 3.18. The Kier molecular flexibility index (Phi) is 7.75. The summed E-state index contributed by atoms with van der Waals surface area (Å²) >= 11 is 1.02. The molecule has 1 fully saturated rings. The molecule has 0 bridgehead atoms. The lowest BCUT2D eigenvalue weighted by molar-refractivity contribution is -0.00488. The molecule has 0 aliphatic carbocycles. The van der Waals surface area contributed by atoms with Crippen LogP contribution in [0.4, 0.5) is 19.6 Å². The molecule has 1 unspecified atom stereocenters. The number of primary amides is 1. The Morgan fingerprint density at radius 2 is 2.09 bits per heavy atom. The third kappa shape index (κ3) is 6.02. The van der Waals surface area contributed by atoms with Crippen LogP contribution in [0.2, 0.25) is 0 Å². The van der Waals surface area contributed by atoms with Gasteiger partial charge in [-0.2, -0.15) is 0 Å². The van der Waals surface area contributed by atoms with Gasteiger partial charge >= 0.3 is 0 Å². The fourth-order valence-corrected chi connectivity index (χ4v) is 5.19. The van der Waals surface area contributed by atoms with Crippen molar-refractivity contribution in [2.45, 2.75) is 39.0 Å². The van der Waals surface area contributed by atoms with Crippen molar-refractivity contribution in [3.63, 3.8) is 0 Å². The summed E-state index contributed by atoms with van der Waals surface area (Å²) in [6.07, 6.45) is -0.600. The summed E-state index contributed by atoms with van der Waals surface area (Å²) < 4.78 is 35.2. The molecule has 1 aromatic carbocycles. The first-order chi connectivity index (χ1) is 16.7. The number of halogens is 2. The molecule has 1 amide bonds. The van der Waals surface area contributed by atoms with Gasteiger partial charge < -0.3 is 20.9 Å². The van der Waals surface area contributed by atoms with Gasteiger partial charge in [0.25, 0.3) is 5.91 Å². The molecule has 1 saturated heterocycles. The molecule has 2 aromatic heterocycles. The topological polar surface area (TPSA) is 101 Å². The van der Waals surface area contributed by atoms with E-state index in [0.29, 0.717) is 36.1 Å². The minimum absolute atomic E-state index is 0.117. The number of morpholine rings is 1. The number of thiophene rings is 1. The summed E-state index contributed by atoms with van der Waals surface area (Å²) in [6, 6.07) is 9.57. The van der Waals surface area contributed by atoms with E-state index in [4.69, 9.17) is 10.5 Å². The van der Waals surface area contributed by atoms with Crippen LogP contribution in [0.3, 0.4) is 0 Å². The Hall–Kier alpha value is -2.92. The van der Waals surface area contributed by atoms with Crippen LogP contribution in [0.1, 0.15) is 35.5 Å². The number of rotatable bonds is 8. The monoisotopic (exact) mass is 502 g/mol. The van der Waals surface area contributed by atoms with Gasteiger partial charge in [-0.1, -0.05) is 6.07 Å². The number of carbonyl (C=O) groups excluding carboxylic acids is 1. The van der Waals surface area contributed by atoms with Gasteiger partial charge in [-0.15, -0.1) is 11.3 Å². The number of nitrogens with one attached hydrogen (secondary N) is 1. The van der Waals surface area contributed by atoms with Crippen molar-refractivity contribution in [2.75, 3.05) is 25.1 Å². The van der Waals surface area contributed by atoms with Crippen LogP contribution in [-0.4, -0.2) is 52.8 Å². The first kappa shape index (κ1) is 25.2. The fraction of sp³-hybridized carbons (Fsp3) is 0.360. The highest BCUT2D eigenvalue weighted by Gasteiger charge is 2.22. The highest BCUT2D eigenvalue weighted by molar-refractivity contribution is 7.20. The third-order valence-electron chi connectivity index (χ3n) is 5.80. The number of aliphatic hydroxyl groups excluding tert-OH is 1. The van der Waals surface area contributed by atoms with Gasteiger partial charge in [-0.25, -0.2) is 13.8 Å². The highest BCUT2D eigenvalue weighted by atomic mass is 32.1. The molecular weight excluding hydrogens is 474 g/mol. The van der Waals surface area contributed by atoms with Gasteiger partial charge in [-0.3, -0.25) is 9.69 Å². The smallest absolute Gasteiger partial charge is 0.251 e. The highest BCUT2D eigenvalue weighted by Crippen LogP contribution is 2.39. The minimum atomic E-state index is -0.774. The average molecular weight is 503 g/mol. The van der Waals surface area contributed by atoms with E-state index in [1.807, 2.05) is 12.1 Å². The van der Waals surface area contributed by atoms with Crippen molar-refractivity contribution in [1.82, 2.24) is 9.88 Å². The van der Waals surface area contributed by atoms with E-state index in [1.165, 1.54) is 18.2 Å². The zero-order valence-corrected chi connectivity index (χ0v) is 20.4. The summed E-state index contributed by atoms with van der Waals surface area (Å²) in [7, 11) is 0. The number of nitrogens with zero attached hydrogens (tertiary/aromatic N) is 2. The van der Waals surface area contributed by atoms with E-state index < -0.39 is 23.6 Å². The van der Waals surface area contributed by atoms with Crippen LogP contribution in [0, 0.1) is 11.6 Å². The number of nitrogens with two attached hydrogens (primary N) is 1. The Morgan fingerprint density at radius 1 is 1.34 bits per heavy atom. The number of benzene rings is 1. The third-order valence-corrected chi connectivity index (χ3v) is 6.86. The number of amides is 1. The normalized spacial score (nSPS) is 17.3. The molecule has 186 valence electrons. The molecule has 0 saturated carbocycles. The molecule has 3 aromatic rings. The molecule has 4 rings (SSSR count). The number of hydrogen-bond donors (Lipinski definition) is 3. The Labute approximate surface area is 206 Å². The largest absolute Gasteiger partial charge is 0.393 e. The lowest BCUT2D eigenvalue weighted by Gasteiger charge is -2.32. The zero-order chi connectivity index (χ0) is 25.1. The first-order valence-corrected chi connectivity index (χ1v) is 12.2.